The van der Waals surface area contributed by atoms with Crippen molar-refractivity contribution in [3.8, 4) is 0 Å². The van der Waals surface area contributed by atoms with Crippen LogP contribution in [0.25, 0.3) is 0 Å². The van der Waals surface area contributed by atoms with Gasteiger partial charge in [-0.15, -0.1) is 0 Å². The molecular formula is C17H23FN5O4P. The van der Waals surface area contributed by atoms with Crippen LogP contribution < -0.4 is 11.1 Å². The van der Waals surface area contributed by atoms with Gasteiger partial charge in [0.05, 0.1) is 19.5 Å². The number of ether oxygens (including phenoxy) is 2. The van der Waals surface area contributed by atoms with Gasteiger partial charge in [-0.25, -0.2) is 9.37 Å². The lowest BCUT2D eigenvalue weighted by atomic mass is 10.2. The number of benzene rings is 1. The molecule has 3 N–H and O–H groups in total. The Bertz CT molecular complexity index is 903. The highest BCUT2D eigenvalue weighted by Gasteiger charge is 2.25. The molecule has 1 aromatic heterocycles. The zero-order chi connectivity index (χ0) is 20.1. The van der Waals surface area contributed by atoms with Gasteiger partial charge in [0.2, 0.25) is 7.37 Å². The third-order valence-corrected chi connectivity index (χ3v) is 5.35. The number of aliphatic imine (C=N–C) groups is 1. The summed E-state index contributed by atoms with van der Waals surface area (Å²) in [5.41, 5.74) is 7.01. The van der Waals surface area contributed by atoms with Crippen molar-refractivity contribution in [3.05, 3.63) is 47.7 Å². The molecule has 0 saturated heterocycles. The molecule has 1 aliphatic heterocycles. The molecule has 9 nitrogen and oxygen atoms in total. The number of methoxy groups -OCH3 is 1. The maximum atomic E-state index is 13.2. The van der Waals surface area contributed by atoms with Crippen molar-refractivity contribution in [1.29, 1.82) is 0 Å². The lowest BCUT2D eigenvalue weighted by Crippen LogP contribution is -2.38. The van der Waals surface area contributed by atoms with Gasteiger partial charge in [-0.05, 0) is 17.7 Å². The number of nitrogens with zero attached hydrogens (tertiary/aromatic N) is 3. The molecule has 11 heteroatoms. The van der Waals surface area contributed by atoms with Crippen LogP contribution in [0.3, 0.4) is 0 Å². The van der Waals surface area contributed by atoms with Crippen molar-refractivity contribution >= 4 is 19.1 Å². The van der Waals surface area contributed by atoms with Gasteiger partial charge in [-0.2, -0.15) is 4.99 Å². The van der Waals surface area contributed by atoms with Crippen LogP contribution in [0.2, 0.25) is 0 Å². The topological polar surface area (TPSA) is 113 Å². The van der Waals surface area contributed by atoms with E-state index in [0.29, 0.717) is 23.6 Å². The van der Waals surface area contributed by atoms with E-state index in [0.717, 1.165) is 0 Å². The summed E-state index contributed by atoms with van der Waals surface area (Å²) in [5, 5.41) is 2.88. The molecule has 2 unspecified atom stereocenters. The molecule has 0 aliphatic carbocycles. The Hall–Kier alpha value is -2.26. The fourth-order valence-corrected chi connectivity index (χ4v) is 3.61. The van der Waals surface area contributed by atoms with E-state index < -0.39 is 13.6 Å². The van der Waals surface area contributed by atoms with Crippen LogP contribution in [0.4, 0.5) is 10.2 Å². The van der Waals surface area contributed by atoms with Crippen LogP contribution in [0.15, 0.2) is 35.6 Å². The smallest absolute Gasteiger partial charge is 0.225 e. The first-order valence-electron chi connectivity index (χ1n) is 8.60. The first-order valence-corrected chi connectivity index (χ1v) is 10.9. The van der Waals surface area contributed by atoms with Crippen LogP contribution in [-0.2, 0) is 31.7 Å². The molecule has 0 saturated carbocycles. The second-order valence-electron chi connectivity index (χ2n) is 6.36. The van der Waals surface area contributed by atoms with Crippen molar-refractivity contribution in [1.82, 2.24) is 14.9 Å². The van der Waals surface area contributed by atoms with Gasteiger partial charge in [-0.3, -0.25) is 4.57 Å². The van der Waals surface area contributed by atoms with Crippen LogP contribution in [0, 0.1) is 5.82 Å². The second-order valence-corrected chi connectivity index (χ2v) is 8.90. The van der Waals surface area contributed by atoms with Crippen molar-refractivity contribution in [2.45, 2.75) is 19.4 Å². The fraction of sp³-hybridized carbons (Fsp3) is 0.412. The maximum absolute atomic E-state index is 13.2. The van der Waals surface area contributed by atoms with E-state index in [2.05, 4.69) is 15.3 Å². The molecule has 2 heterocycles. The third kappa shape index (κ3) is 5.17. The van der Waals surface area contributed by atoms with Crippen molar-refractivity contribution in [2.24, 2.45) is 10.7 Å². The number of imidazole rings is 1. The summed E-state index contributed by atoms with van der Waals surface area (Å²) in [7, 11) is -1.43. The molecule has 2 aromatic rings. The number of hydrogen-bond donors (Lipinski definition) is 2. The first kappa shape index (κ1) is 20.5. The number of hydrogen-bond acceptors (Lipinski definition) is 8. The minimum Gasteiger partial charge on any atom is -0.370 e. The minimum absolute atomic E-state index is 0.0487. The number of halogens is 1. The lowest BCUT2D eigenvalue weighted by Gasteiger charge is -2.21. The first-order chi connectivity index (χ1) is 13.4. The molecule has 1 aromatic carbocycles. The van der Waals surface area contributed by atoms with Crippen molar-refractivity contribution in [2.75, 3.05) is 26.7 Å². The molecule has 0 spiro atoms. The van der Waals surface area contributed by atoms with Gasteiger partial charge >= 0.3 is 0 Å². The van der Waals surface area contributed by atoms with E-state index >= 15 is 0 Å². The van der Waals surface area contributed by atoms with E-state index in [1.54, 1.807) is 30.1 Å². The second kappa shape index (κ2) is 8.83. The predicted molar refractivity (Wildman–Crippen MR) is 102 cm³/mol. The highest BCUT2D eigenvalue weighted by Crippen LogP contribution is 2.43. The Morgan fingerprint density at radius 3 is 3.00 bits per heavy atom. The van der Waals surface area contributed by atoms with E-state index in [9.17, 15) is 8.96 Å². The number of aromatic nitrogens is 2. The van der Waals surface area contributed by atoms with Crippen molar-refractivity contribution in [3.63, 3.8) is 0 Å². The summed E-state index contributed by atoms with van der Waals surface area (Å²) in [6.45, 7) is 2.28. The zero-order valence-corrected chi connectivity index (χ0v) is 16.6. The fourth-order valence-electron chi connectivity index (χ4n) is 2.65. The quantitative estimate of drug-likeness (QED) is 0.481. The molecular weight excluding hydrogens is 388 g/mol. The maximum Gasteiger partial charge on any atom is 0.225 e. The summed E-state index contributed by atoms with van der Waals surface area (Å²) in [6, 6.07) is 5.98. The van der Waals surface area contributed by atoms with Crippen LogP contribution in [-0.4, -0.2) is 42.2 Å². The average molecular weight is 411 g/mol. The molecule has 2 atom stereocenters. The van der Waals surface area contributed by atoms with Gasteiger partial charge in [0, 0.05) is 20.3 Å². The van der Waals surface area contributed by atoms with Gasteiger partial charge in [0.15, 0.2) is 18.0 Å². The number of guanidine groups is 1. The molecule has 0 radical (unpaired) electrons. The highest BCUT2D eigenvalue weighted by molar-refractivity contribution is 7.57. The molecule has 0 fully saturated rings. The summed E-state index contributed by atoms with van der Waals surface area (Å²) >= 11 is 0. The number of rotatable bonds is 9. The van der Waals surface area contributed by atoms with Crippen LogP contribution >= 0.6 is 7.37 Å². The van der Waals surface area contributed by atoms with Crippen molar-refractivity contribution < 1.29 is 23.0 Å². The number of fused-ring (bicyclic) bond motifs is 1. The summed E-state index contributed by atoms with van der Waals surface area (Å²) in [6.07, 6.45) is 1.12. The zero-order valence-electron chi connectivity index (χ0n) is 15.7. The Morgan fingerprint density at radius 1 is 1.43 bits per heavy atom. The standard InChI is InChI=1S/C17H23FN5O4P/c1-25-16-14-15(21-17(19)22-16)23(10-20-14)6-7-26-11-28(2,24)27-9-12-4-3-5-13(18)8-12/h3-5,8,10,16H,6-7,9,11H2,1-2H3,(H3,19,21,22). The molecule has 0 amide bonds. The van der Waals surface area contributed by atoms with Crippen LogP contribution in [0.1, 0.15) is 17.5 Å². The average Bonchev–Trinajstić information content (AvgIpc) is 3.06. The SMILES string of the molecule is COC1NC(N)=Nc2c1ncn2CCOCP(C)(=O)OCc1cccc(F)c1. The lowest BCUT2D eigenvalue weighted by molar-refractivity contribution is 0.0864. The summed E-state index contributed by atoms with van der Waals surface area (Å²) in [5.74, 6) is 0.473. The van der Waals surface area contributed by atoms with Crippen LogP contribution in [0.5, 0.6) is 0 Å². The van der Waals surface area contributed by atoms with E-state index in [4.69, 9.17) is 19.7 Å². The molecule has 0 bridgehead atoms. The summed E-state index contributed by atoms with van der Waals surface area (Å²) in [4.78, 5) is 8.53. The molecule has 28 heavy (non-hydrogen) atoms. The van der Waals surface area contributed by atoms with Gasteiger partial charge in [-0.1, -0.05) is 12.1 Å². The monoisotopic (exact) mass is 411 g/mol. The largest absolute Gasteiger partial charge is 0.370 e. The third-order valence-electron chi connectivity index (χ3n) is 4.02. The summed E-state index contributed by atoms with van der Waals surface area (Å²) < 4.78 is 43.7. The van der Waals surface area contributed by atoms with E-state index in [-0.39, 0.29) is 31.3 Å². The Morgan fingerprint density at radius 2 is 2.25 bits per heavy atom. The number of nitrogens with two attached hydrogens (primary N) is 1. The minimum atomic E-state index is -2.97. The highest BCUT2D eigenvalue weighted by atomic mass is 31.2. The van der Waals surface area contributed by atoms with Gasteiger partial charge in [0.25, 0.3) is 0 Å². The van der Waals surface area contributed by atoms with Gasteiger partial charge < -0.3 is 29.6 Å². The van der Waals surface area contributed by atoms with Gasteiger partial charge in [0.1, 0.15) is 17.9 Å². The Labute approximate surface area is 162 Å². The molecule has 3 rings (SSSR count). The Kier molecular flexibility index (Phi) is 6.46. The Balaban J connectivity index is 1.48. The van der Waals surface area contributed by atoms with E-state index in [1.165, 1.54) is 18.8 Å². The predicted octanol–water partition coefficient (Wildman–Crippen LogP) is 2.32. The molecule has 152 valence electrons. The number of nitrogens with one attached hydrogen (secondary N) is 1. The normalized spacial score (nSPS) is 18.1. The van der Waals surface area contributed by atoms with E-state index in [1.807, 2.05) is 0 Å². The molecule has 1 aliphatic rings.